The molecule has 0 radical (unpaired) electrons. The molecule has 2 rings (SSSR count). The summed E-state index contributed by atoms with van der Waals surface area (Å²) in [5, 5.41) is 18.8. The standard InChI is InChI=1S/C15H16N2O6S/c1-9-5-3-4-6-11(9)17(24(22)23)8-10-7-12(18)14(19)13(15(20)21)16(10)2/h3-7,19H,8H2,1-2H3,(H,20,21)(H,22,23)/p-1. The second kappa shape index (κ2) is 6.85. The molecular weight excluding hydrogens is 336 g/mol. The number of anilines is 1. The molecule has 0 spiro atoms. The molecule has 0 aliphatic heterocycles. The zero-order chi connectivity index (χ0) is 18.0. The van der Waals surface area contributed by atoms with Crippen LogP contribution in [0.25, 0.3) is 0 Å². The number of aromatic hydroxyl groups is 1. The summed E-state index contributed by atoms with van der Waals surface area (Å²) in [5.41, 5.74) is -0.254. The summed E-state index contributed by atoms with van der Waals surface area (Å²) in [7, 11) is 1.34. The van der Waals surface area contributed by atoms with Crippen LogP contribution in [0.4, 0.5) is 5.69 Å². The lowest BCUT2D eigenvalue weighted by Gasteiger charge is -2.29. The molecule has 2 N–H and O–H groups in total. The Bertz CT molecular complexity index is 877. The van der Waals surface area contributed by atoms with Gasteiger partial charge in [-0.1, -0.05) is 18.2 Å². The quantitative estimate of drug-likeness (QED) is 0.772. The van der Waals surface area contributed by atoms with Gasteiger partial charge in [-0.3, -0.25) is 13.3 Å². The molecule has 0 bridgehead atoms. The van der Waals surface area contributed by atoms with Crippen molar-refractivity contribution >= 4 is 22.9 Å². The Kier molecular flexibility index (Phi) is 5.05. The molecule has 24 heavy (non-hydrogen) atoms. The van der Waals surface area contributed by atoms with Crippen LogP contribution < -0.4 is 9.73 Å². The number of benzene rings is 1. The van der Waals surface area contributed by atoms with Crippen LogP contribution in [-0.2, 0) is 24.9 Å². The van der Waals surface area contributed by atoms with Gasteiger partial charge in [0.1, 0.15) is 0 Å². The molecule has 128 valence electrons. The number of para-hydroxylation sites is 1. The second-order valence-electron chi connectivity index (χ2n) is 5.10. The Morgan fingerprint density at radius 3 is 2.54 bits per heavy atom. The van der Waals surface area contributed by atoms with Gasteiger partial charge in [0.25, 0.3) is 0 Å². The Morgan fingerprint density at radius 2 is 2.00 bits per heavy atom. The van der Waals surface area contributed by atoms with Crippen LogP contribution >= 0.6 is 0 Å². The fourth-order valence-corrected chi connectivity index (χ4v) is 2.94. The van der Waals surface area contributed by atoms with Crippen LogP contribution in [0.1, 0.15) is 21.7 Å². The number of carboxylic acids is 1. The highest BCUT2D eigenvalue weighted by Crippen LogP contribution is 2.23. The first-order valence-corrected chi connectivity index (χ1v) is 7.85. The summed E-state index contributed by atoms with van der Waals surface area (Å²) >= 11 is -2.64. The maximum Gasteiger partial charge on any atom is 0.356 e. The molecule has 9 heteroatoms. The van der Waals surface area contributed by atoms with Crippen LogP contribution in [0.2, 0.25) is 0 Å². The molecule has 0 amide bonds. The van der Waals surface area contributed by atoms with Gasteiger partial charge in [0.05, 0.1) is 12.2 Å². The van der Waals surface area contributed by atoms with E-state index in [-0.39, 0.29) is 12.2 Å². The highest BCUT2D eigenvalue weighted by molar-refractivity contribution is 7.80. The fraction of sp³-hybridized carbons (Fsp3) is 0.200. The molecule has 0 aliphatic carbocycles. The van der Waals surface area contributed by atoms with Crippen LogP contribution in [-0.4, -0.2) is 29.5 Å². The predicted octanol–water partition coefficient (Wildman–Crippen LogP) is 0.898. The molecule has 0 aliphatic rings. The first-order chi connectivity index (χ1) is 11.2. The van der Waals surface area contributed by atoms with Crippen molar-refractivity contribution in [2.45, 2.75) is 13.5 Å². The Morgan fingerprint density at radius 1 is 1.38 bits per heavy atom. The number of aromatic carboxylic acids is 1. The summed E-state index contributed by atoms with van der Waals surface area (Å²) in [5.74, 6) is -2.38. The molecular formula is C15H15N2O6S-. The number of carboxylic acid groups (broad SMARTS) is 1. The topological polar surface area (TPSA) is 123 Å². The van der Waals surface area contributed by atoms with Crippen molar-refractivity contribution < 1.29 is 23.8 Å². The minimum Gasteiger partial charge on any atom is -0.755 e. The number of aromatic nitrogens is 1. The van der Waals surface area contributed by atoms with Crippen molar-refractivity contribution in [3.63, 3.8) is 0 Å². The predicted molar refractivity (Wildman–Crippen MR) is 86.6 cm³/mol. The minimum atomic E-state index is -2.64. The molecule has 1 unspecified atom stereocenters. The third-order valence-corrected chi connectivity index (χ3v) is 4.28. The van der Waals surface area contributed by atoms with Crippen molar-refractivity contribution in [3.05, 3.63) is 57.5 Å². The van der Waals surface area contributed by atoms with Gasteiger partial charge < -0.3 is 19.3 Å². The molecule has 0 saturated heterocycles. The minimum absolute atomic E-state index is 0.127. The van der Waals surface area contributed by atoms with Crippen molar-refractivity contribution in [2.75, 3.05) is 4.31 Å². The van der Waals surface area contributed by atoms with Gasteiger partial charge in [0.15, 0.2) is 11.4 Å². The average molecular weight is 351 g/mol. The van der Waals surface area contributed by atoms with Crippen molar-refractivity contribution in [2.24, 2.45) is 7.05 Å². The summed E-state index contributed by atoms with van der Waals surface area (Å²) in [6, 6.07) is 7.76. The maximum atomic E-state index is 11.8. The highest BCUT2D eigenvalue weighted by atomic mass is 32.2. The highest BCUT2D eigenvalue weighted by Gasteiger charge is 2.20. The number of aryl methyl sites for hydroxylation is 1. The maximum absolute atomic E-state index is 11.8. The molecule has 0 fully saturated rings. The van der Waals surface area contributed by atoms with Gasteiger partial charge in [-0.2, -0.15) is 0 Å². The summed E-state index contributed by atoms with van der Waals surface area (Å²) in [4.78, 5) is 23.0. The van der Waals surface area contributed by atoms with E-state index in [1.807, 2.05) is 0 Å². The van der Waals surface area contributed by atoms with E-state index < -0.39 is 34.1 Å². The van der Waals surface area contributed by atoms with Crippen molar-refractivity contribution in [3.8, 4) is 5.75 Å². The van der Waals surface area contributed by atoms with Crippen LogP contribution in [0.3, 0.4) is 0 Å². The Hall–Kier alpha value is -2.65. The normalized spacial score (nSPS) is 12.0. The molecule has 1 atom stereocenters. The van der Waals surface area contributed by atoms with E-state index >= 15 is 0 Å². The first kappa shape index (κ1) is 17.7. The van der Waals surface area contributed by atoms with E-state index in [2.05, 4.69) is 0 Å². The number of nitrogens with zero attached hydrogens (tertiary/aromatic N) is 2. The van der Waals surface area contributed by atoms with E-state index in [4.69, 9.17) is 5.11 Å². The molecule has 1 aromatic heterocycles. The first-order valence-electron chi connectivity index (χ1n) is 6.81. The largest absolute Gasteiger partial charge is 0.755 e. The molecule has 8 nitrogen and oxygen atoms in total. The molecule has 2 aromatic rings. The Labute approximate surface area is 140 Å². The van der Waals surface area contributed by atoms with Gasteiger partial charge in [-0.15, -0.1) is 0 Å². The lowest BCUT2D eigenvalue weighted by molar-refractivity contribution is 0.0681. The third-order valence-electron chi connectivity index (χ3n) is 3.59. The number of carbonyl (C=O) groups is 1. The summed E-state index contributed by atoms with van der Waals surface area (Å²) in [6.07, 6.45) is 0. The summed E-state index contributed by atoms with van der Waals surface area (Å²) < 4.78 is 25.3. The smallest absolute Gasteiger partial charge is 0.356 e. The number of hydrogen-bond donors (Lipinski definition) is 2. The van der Waals surface area contributed by atoms with E-state index in [0.29, 0.717) is 11.3 Å². The molecule has 1 aromatic carbocycles. The molecule has 1 heterocycles. The lowest BCUT2D eigenvalue weighted by atomic mass is 10.2. The van der Waals surface area contributed by atoms with E-state index in [1.165, 1.54) is 7.05 Å². The third kappa shape index (κ3) is 3.31. The van der Waals surface area contributed by atoms with Gasteiger partial charge in [0.2, 0.25) is 5.43 Å². The Balaban J connectivity index is 2.56. The van der Waals surface area contributed by atoms with E-state index in [9.17, 15) is 23.5 Å². The van der Waals surface area contributed by atoms with Crippen molar-refractivity contribution in [1.29, 1.82) is 0 Å². The zero-order valence-corrected chi connectivity index (χ0v) is 13.7. The van der Waals surface area contributed by atoms with Crippen LogP contribution in [0.15, 0.2) is 35.1 Å². The van der Waals surface area contributed by atoms with Crippen LogP contribution in [0.5, 0.6) is 5.75 Å². The number of pyridine rings is 1. The van der Waals surface area contributed by atoms with Gasteiger partial charge in [0, 0.05) is 30.1 Å². The van der Waals surface area contributed by atoms with Crippen molar-refractivity contribution in [1.82, 2.24) is 4.57 Å². The van der Waals surface area contributed by atoms with Gasteiger partial charge in [-0.25, -0.2) is 4.79 Å². The lowest BCUT2D eigenvalue weighted by Crippen LogP contribution is -2.29. The van der Waals surface area contributed by atoms with Crippen LogP contribution in [0, 0.1) is 6.92 Å². The van der Waals surface area contributed by atoms with Gasteiger partial charge >= 0.3 is 5.97 Å². The molecule has 0 saturated carbocycles. The fourth-order valence-electron chi connectivity index (χ4n) is 2.34. The van der Waals surface area contributed by atoms with E-state index in [1.54, 1.807) is 31.2 Å². The zero-order valence-electron chi connectivity index (χ0n) is 12.9. The second-order valence-corrected chi connectivity index (χ2v) is 5.98. The SMILES string of the molecule is Cc1ccccc1N(Cc1cc(=O)c(O)c(C(=O)O)n1C)S(=O)[O-]. The van der Waals surface area contributed by atoms with E-state index in [0.717, 1.165) is 14.9 Å². The number of rotatable bonds is 5. The monoisotopic (exact) mass is 351 g/mol. The number of hydrogen-bond acceptors (Lipinski definition) is 5. The average Bonchev–Trinajstić information content (AvgIpc) is 2.50. The van der Waals surface area contributed by atoms with Gasteiger partial charge in [-0.05, 0) is 18.6 Å². The summed E-state index contributed by atoms with van der Waals surface area (Å²) in [6.45, 7) is 1.47.